The normalized spacial score (nSPS) is 12.5. The van der Waals surface area contributed by atoms with Crippen molar-refractivity contribution in [3.63, 3.8) is 0 Å². The van der Waals surface area contributed by atoms with Crippen molar-refractivity contribution in [3.8, 4) is 0 Å². The summed E-state index contributed by atoms with van der Waals surface area (Å²) in [5.41, 5.74) is 0.382. The summed E-state index contributed by atoms with van der Waals surface area (Å²) in [7, 11) is 0. The maximum atomic E-state index is 13.3. The predicted octanol–water partition coefficient (Wildman–Crippen LogP) is 3.18. The number of thioether (sulfide) groups is 1. The summed E-state index contributed by atoms with van der Waals surface area (Å²) in [4.78, 5) is 10.7. The zero-order chi connectivity index (χ0) is 9.84. The maximum Gasteiger partial charge on any atom is 0.138 e. The largest absolute Gasteiger partial charge is 0.302 e. The topological polar surface area (TPSA) is 17.1 Å². The first-order valence-electron chi connectivity index (χ1n) is 3.62. The molecule has 0 heterocycles. The van der Waals surface area contributed by atoms with E-state index in [0.29, 0.717) is 11.8 Å². The number of halogens is 2. The third-order valence-electron chi connectivity index (χ3n) is 1.62. The molecular formula is C9H8BrFOS. The second kappa shape index (κ2) is 4.77. The fourth-order valence-electron chi connectivity index (χ4n) is 0.932. The van der Waals surface area contributed by atoms with Crippen molar-refractivity contribution in [2.75, 3.05) is 6.26 Å². The highest BCUT2D eigenvalue weighted by Gasteiger charge is 2.11. The highest BCUT2D eigenvalue weighted by atomic mass is 79.9. The van der Waals surface area contributed by atoms with E-state index in [0.717, 1.165) is 4.90 Å². The van der Waals surface area contributed by atoms with Gasteiger partial charge in [0, 0.05) is 10.5 Å². The molecule has 1 unspecified atom stereocenters. The molecule has 4 heteroatoms. The number of carbonyl (C=O) groups excluding carboxylic acids is 1. The monoisotopic (exact) mass is 262 g/mol. The zero-order valence-electron chi connectivity index (χ0n) is 6.96. The van der Waals surface area contributed by atoms with Crippen LogP contribution in [-0.2, 0) is 4.79 Å². The van der Waals surface area contributed by atoms with E-state index < -0.39 is 4.83 Å². The lowest BCUT2D eigenvalue weighted by atomic mass is 10.1. The van der Waals surface area contributed by atoms with Crippen LogP contribution < -0.4 is 0 Å². The molecule has 1 nitrogen and oxygen atoms in total. The number of rotatable bonds is 3. The van der Waals surface area contributed by atoms with Gasteiger partial charge in [0.05, 0.1) is 4.83 Å². The average molecular weight is 263 g/mol. The summed E-state index contributed by atoms with van der Waals surface area (Å²) >= 11 is 4.53. The quantitative estimate of drug-likeness (QED) is 0.473. The van der Waals surface area contributed by atoms with Gasteiger partial charge in [0.15, 0.2) is 0 Å². The van der Waals surface area contributed by atoms with Gasteiger partial charge in [-0.1, -0.05) is 22.0 Å². The van der Waals surface area contributed by atoms with Crippen LogP contribution in [0.25, 0.3) is 0 Å². The number of aldehydes is 1. The van der Waals surface area contributed by atoms with Crippen LogP contribution in [0.15, 0.2) is 23.1 Å². The summed E-state index contributed by atoms with van der Waals surface area (Å²) in [6.45, 7) is 0. The molecule has 0 saturated carbocycles. The Morgan fingerprint density at radius 1 is 1.62 bits per heavy atom. The molecule has 1 aromatic rings. The minimum atomic E-state index is -0.552. The Kier molecular flexibility index (Phi) is 3.93. The van der Waals surface area contributed by atoms with E-state index in [9.17, 15) is 9.18 Å². The third-order valence-corrected chi connectivity index (χ3v) is 3.06. The summed E-state index contributed by atoms with van der Waals surface area (Å²) < 4.78 is 13.3. The van der Waals surface area contributed by atoms with Crippen molar-refractivity contribution in [2.24, 2.45) is 0 Å². The average Bonchev–Trinajstić information content (AvgIpc) is 2.16. The molecular weight excluding hydrogens is 255 g/mol. The molecule has 0 bridgehead atoms. The van der Waals surface area contributed by atoms with Gasteiger partial charge in [-0.25, -0.2) is 4.39 Å². The summed E-state index contributed by atoms with van der Waals surface area (Å²) in [6, 6.07) is 4.84. The Morgan fingerprint density at radius 2 is 2.31 bits per heavy atom. The van der Waals surface area contributed by atoms with E-state index >= 15 is 0 Å². The van der Waals surface area contributed by atoms with Gasteiger partial charge in [-0.3, -0.25) is 0 Å². The van der Waals surface area contributed by atoms with Crippen LogP contribution in [0.3, 0.4) is 0 Å². The van der Waals surface area contributed by atoms with E-state index in [1.54, 1.807) is 12.1 Å². The molecule has 1 rings (SSSR count). The highest BCUT2D eigenvalue weighted by molar-refractivity contribution is 9.09. The lowest BCUT2D eigenvalue weighted by Crippen LogP contribution is -1.95. The van der Waals surface area contributed by atoms with Crippen molar-refractivity contribution in [1.29, 1.82) is 0 Å². The van der Waals surface area contributed by atoms with Gasteiger partial charge in [0.2, 0.25) is 0 Å². The van der Waals surface area contributed by atoms with E-state index in [4.69, 9.17) is 0 Å². The standard InChI is InChI=1S/C9H8BrFOS/c1-13-6-2-3-7(8(10)5-12)9(11)4-6/h2-5,8H,1H3. The lowest BCUT2D eigenvalue weighted by molar-refractivity contribution is -0.107. The Bertz CT molecular complexity index is 316. The molecule has 0 amide bonds. The summed E-state index contributed by atoms with van der Waals surface area (Å²) in [5, 5.41) is 0. The summed E-state index contributed by atoms with van der Waals surface area (Å²) in [5.74, 6) is -0.346. The van der Waals surface area contributed by atoms with Gasteiger partial charge < -0.3 is 4.79 Å². The fraction of sp³-hybridized carbons (Fsp3) is 0.222. The number of hydrogen-bond acceptors (Lipinski definition) is 2. The highest BCUT2D eigenvalue weighted by Crippen LogP contribution is 2.26. The van der Waals surface area contributed by atoms with Crippen LogP contribution in [-0.4, -0.2) is 12.5 Å². The van der Waals surface area contributed by atoms with E-state index in [1.807, 2.05) is 6.26 Å². The SMILES string of the molecule is CSc1ccc(C(Br)C=O)c(F)c1. The molecule has 0 spiro atoms. The molecule has 70 valence electrons. The second-order valence-electron chi connectivity index (χ2n) is 2.43. The van der Waals surface area contributed by atoms with Gasteiger partial charge in [-0.05, 0) is 18.4 Å². The lowest BCUT2D eigenvalue weighted by Gasteiger charge is -2.05. The fourth-order valence-corrected chi connectivity index (χ4v) is 1.73. The van der Waals surface area contributed by atoms with Gasteiger partial charge in [0.25, 0.3) is 0 Å². The van der Waals surface area contributed by atoms with Crippen LogP contribution >= 0.6 is 27.7 Å². The predicted molar refractivity (Wildman–Crippen MR) is 55.9 cm³/mol. The molecule has 0 aliphatic carbocycles. The first-order valence-corrected chi connectivity index (χ1v) is 5.76. The Hall–Kier alpha value is -0.350. The van der Waals surface area contributed by atoms with Gasteiger partial charge >= 0.3 is 0 Å². The Labute approximate surface area is 88.8 Å². The molecule has 13 heavy (non-hydrogen) atoms. The first kappa shape index (κ1) is 10.7. The van der Waals surface area contributed by atoms with Crippen molar-refractivity contribution < 1.29 is 9.18 Å². The third kappa shape index (κ3) is 2.54. The molecule has 1 atom stereocenters. The molecule has 0 fully saturated rings. The van der Waals surface area contributed by atoms with Crippen molar-refractivity contribution in [1.82, 2.24) is 0 Å². The van der Waals surface area contributed by atoms with Crippen molar-refractivity contribution >= 4 is 34.0 Å². The minimum Gasteiger partial charge on any atom is -0.302 e. The van der Waals surface area contributed by atoms with Crippen LogP contribution in [0.1, 0.15) is 10.4 Å². The molecule has 0 N–H and O–H groups in total. The smallest absolute Gasteiger partial charge is 0.138 e. The number of carbonyl (C=O) groups is 1. The van der Waals surface area contributed by atoms with Gasteiger partial charge in [-0.15, -0.1) is 11.8 Å². The molecule has 0 aliphatic heterocycles. The number of hydrogen-bond donors (Lipinski definition) is 0. The van der Waals surface area contributed by atoms with Crippen molar-refractivity contribution in [3.05, 3.63) is 29.6 Å². The minimum absolute atomic E-state index is 0.346. The maximum absolute atomic E-state index is 13.3. The van der Waals surface area contributed by atoms with Crippen LogP contribution in [0, 0.1) is 5.82 Å². The van der Waals surface area contributed by atoms with E-state index in [2.05, 4.69) is 15.9 Å². The Balaban J connectivity index is 3.04. The van der Waals surface area contributed by atoms with Crippen LogP contribution in [0.4, 0.5) is 4.39 Å². The van der Waals surface area contributed by atoms with Gasteiger partial charge in [-0.2, -0.15) is 0 Å². The second-order valence-corrected chi connectivity index (χ2v) is 4.29. The van der Waals surface area contributed by atoms with E-state index in [-0.39, 0.29) is 5.82 Å². The number of benzene rings is 1. The zero-order valence-corrected chi connectivity index (χ0v) is 9.36. The Morgan fingerprint density at radius 3 is 2.77 bits per heavy atom. The number of alkyl halides is 1. The molecule has 1 aromatic carbocycles. The van der Waals surface area contributed by atoms with Crippen molar-refractivity contribution in [2.45, 2.75) is 9.72 Å². The first-order chi connectivity index (χ1) is 6.19. The molecule has 0 saturated heterocycles. The van der Waals surface area contributed by atoms with Gasteiger partial charge in [0.1, 0.15) is 12.1 Å². The summed E-state index contributed by atoms with van der Waals surface area (Å²) in [6.07, 6.45) is 2.54. The van der Waals surface area contributed by atoms with Crippen LogP contribution in [0.5, 0.6) is 0 Å². The van der Waals surface area contributed by atoms with Crippen LogP contribution in [0.2, 0.25) is 0 Å². The molecule has 0 radical (unpaired) electrons. The molecule has 0 aromatic heterocycles. The molecule has 0 aliphatic rings. The van der Waals surface area contributed by atoms with E-state index in [1.165, 1.54) is 17.8 Å².